The number of aliphatic hydroxyl groups is 3. The van der Waals surface area contributed by atoms with Crippen LogP contribution in [0.3, 0.4) is 0 Å². The van der Waals surface area contributed by atoms with Crippen LogP contribution in [0.2, 0.25) is 0 Å². The van der Waals surface area contributed by atoms with Gasteiger partial charge in [-0.25, -0.2) is 4.79 Å². The lowest BCUT2D eigenvalue weighted by Crippen LogP contribution is -2.79. The lowest BCUT2D eigenvalue weighted by Gasteiger charge is -2.72. The Morgan fingerprint density at radius 1 is 0.711 bits per heavy atom. The lowest BCUT2D eigenvalue weighted by molar-refractivity contribution is -0.340. The number of ether oxygens (including phenoxy) is 2. The minimum atomic E-state index is -1.76. The zero-order valence-corrected chi connectivity index (χ0v) is 54.8. The highest BCUT2D eigenvalue weighted by molar-refractivity contribution is 5.93. The second-order valence-electron chi connectivity index (χ2n) is 33.9. The molecule has 7 heteroatoms. The Kier molecular flexibility index (Phi) is 14.8. The summed E-state index contributed by atoms with van der Waals surface area (Å²) in [5, 5.41) is 46.1. The van der Waals surface area contributed by atoms with E-state index in [1.54, 1.807) is 33.7 Å². The number of cyclic esters (lactones) is 1. The molecule has 4 spiro atoms. The Hall–Kier alpha value is -4.74. The standard InChI is InChI=1S/C83H104O7/c1-55(20-17-23-56-21-7-4-8-22-56)29-32-67(84)83-68(85)35-43-76(3,73(83)66-51-75(2,82(83,88)45-33-57-48-69(86)89-52-57)36-19-41-78(74(87)90-66)39-12-6-13-40-78)60-34-44-81-54-79(47-46-77(53-79)37-15-16-38-77)65-50-80(59-25-9-5-10-26-59)42-14-11-28-63(80)62-31-30-58-24-18-27-61(64(81)49-60)70(58)71(62)72(65)81/h4-5,7-10,18,21-22,24-27,30-31,48,55,60,63-68,72-73,84-85,88H,6,11-17,20,23,28-29,32-35,37-47,49-54H2,1-3H3/t55-,60+,63+,64-,65-,66-,67+,68-,72+,73+,75+,76+,79+,80+,81-,82-,83+/m1/s1. The van der Waals surface area contributed by atoms with Crippen LogP contribution in [0.15, 0.2) is 103 Å². The number of carbonyl (C=O) groups is 2. The Labute approximate surface area is 538 Å². The predicted octanol–water partition coefficient (Wildman–Crippen LogP) is 17.8. The molecule has 4 aromatic carbocycles. The number of esters is 2. The average Bonchev–Trinajstić information content (AvgIpc) is 1.19. The van der Waals surface area contributed by atoms with E-state index < -0.39 is 51.5 Å². The summed E-state index contributed by atoms with van der Waals surface area (Å²) in [6.07, 6.45) is 30.2. The third-order valence-electron chi connectivity index (χ3n) is 30.0. The van der Waals surface area contributed by atoms with Crippen LogP contribution in [-0.2, 0) is 30.9 Å². The first kappa shape index (κ1) is 60.2. The van der Waals surface area contributed by atoms with Crippen LogP contribution >= 0.6 is 0 Å². The molecule has 3 N–H and O–H groups in total. The van der Waals surface area contributed by atoms with E-state index >= 15 is 9.90 Å². The summed E-state index contributed by atoms with van der Waals surface area (Å²) in [5.74, 6) is 8.59. The normalized spacial score (nSPS) is 40.6. The minimum Gasteiger partial charge on any atom is -0.462 e. The van der Waals surface area contributed by atoms with Gasteiger partial charge in [0.25, 0.3) is 0 Å². The van der Waals surface area contributed by atoms with Gasteiger partial charge in [0.15, 0.2) is 0 Å². The van der Waals surface area contributed by atoms with E-state index in [0.29, 0.717) is 67.6 Å². The van der Waals surface area contributed by atoms with E-state index in [9.17, 15) is 15.0 Å². The van der Waals surface area contributed by atoms with Gasteiger partial charge in [0.1, 0.15) is 12.7 Å². The molecule has 8 fully saturated rings. The molecule has 10 aliphatic carbocycles. The summed E-state index contributed by atoms with van der Waals surface area (Å²) in [5.41, 5.74) is 3.86. The number of hydrogen-bond donors (Lipinski definition) is 3. The molecule has 2 heterocycles. The zero-order valence-electron chi connectivity index (χ0n) is 54.8. The fraction of sp³-hybridized carbons (Fsp3) is 0.663. The van der Waals surface area contributed by atoms with Crippen LogP contribution < -0.4 is 0 Å². The molecule has 12 aliphatic rings. The van der Waals surface area contributed by atoms with Gasteiger partial charge in [-0.2, -0.15) is 0 Å². The Bertz CT molecular complexity index is 3510. The smallest absolute Gasteiger partial charge is 0.331 e. The van der Waals surface area contributed by atoms with Crippen molar-refractivity contribution in [3.8, 4) is 11.8 Å². The number of aliphatic hydroxyl groups excluding tert-OH is 2. The minimum absolute atomic E-state index is 0.0693. The molecule has 90 heavy (non-hydrogen) atoms. The molecule has 0 radical (unpaired) electrons. The summed E-state index contributed by atoms with van der Waals surface area (Å²) >= 11 is 0. The molecular formula is C83H104O7. The van der Waals surface area contributed by atoms with Gasteiger partial charge in [0.2, 0.25) is 0 Å². The van der Waals surface area contributed by atoms with Gasteiger partial charge in [-0.05, 0) is 250 Å². The molecule has 17 atom stereocenters. The highest BCUT2D eigenvalue weighted by atomic mass is 16.5. The molecular weight excluding hydrogens is 1110 g/mol. The monoisotopic (exact) mass is 1210 g/mol. The number of hydrogen-bond acceptors (Lipinski definition) is 7. The summed E-state index contributed by atoms with van der Waals surface area (Å²) in [7, 11) is 0. The number of rotatable bonds is 13. The van der Waals surface area contributed by atoms with E-state index in [4.69, 9.17) is 9.47 Å². The molecule has 8 saturated carbocycles. The number of aryl methyl sites for hydroxylation is 1. The van der Waals surface area contributed by atoms with Crippen molar-refractivity contribution < 1.29 is 34.4 Å². The summed E-state index contributed by atoms with van der Waals surface area (Å²) in [6.45, 7) is 7.06. The fourth-order valence-corrected chi connectivity index (χ4v) is 26.1. The van der Waals surface area contributed by atoms with Crippen LogP contribution in [0.5, 0.6) is 0 Å². The molecule has 2 aliphatic heterocycles. The average molecular weight is 1210 g/mol. The van der Waals surface area contributed by atoms with Gasteiger partial charge in [-0.15, -0.1) is 5.92 Å². The molecule has 0 unspecified atom stereocenters. The highest BCUT2D eigenvalue weighted by Crippen LogP contribution is 2.83. The second-order valence-corrected chi connectivity index (χ2v) is 33.9. The van der Waals surface area contributed by atoms with Crippen LogP contribution in [-0.4, -0.2) is 57.8 Å². The third kappa shape index (κ3) is 8.85. The SMILES string of the molecule is C[C@H](CCCc1ccccc1)CC[C@H](O)[C@]12[C@H](O)CC[C@@](C)([C@H]3CC[C@]45C[C@@]6(CCC7(CCCC7)C6)[C@@H]6C[C@]7(c8ccccc8)CCCC[C@H]7c7ccc8cccc(c8c7[C@H]64)[C@H]5C3)[C@@H]1[C@H]1C[C@](C)(C#CCC3(CCCCC3)C(=O)O1)[C@]2(O)CCC1=CC(=O)OC1. The maximum absolute atomic E-state index is 15.7. The van der Waals surface area contributed by atoms with Crippen LogP contribution in [0, 0.1) is 73.4 Å². The molecule has 16 rings (SSSR count). The zero-order chi connectivity index (χ0) is 61.5. The van der Waals surface area contributed by atoms with E-state index in [0.717, 1.165) is 82.6 Å². The quantitative estimate of drug-likeness (QED) is 0.0903. The van der Waals surface area contributed by atoms with Gasteiger partial charge >= 0.3 is 11.9 Å². The van der Waals surface area contributed by atoms with Crippen molar-refractivity contribution in [2.24, 2.45) is 61.6 Å². The van der Waals surface area contributed by atoms with Gasteiger partial charge < -0.3 is 24.8 Å². The van der Waals surface area contributed by atoms with Crippen LogP contribution in [0.25, 0.3) is 10.8 Å². The van der Waals surface area contributed by atoms with Crippen molar-refractivity contribution in [3.05, 3.63) is 130 Å². The van der Waals surface area contributed by atoms with Crippen molar-refractivity contribution in [1.82, 2.24) is 0 Å². The Morgan fingerprint density at radius 3 is 2.28 bits per heavy atom. The summed E-state index contributed by atoms with van der Waals surface area (Å²) < 4.78 is 13.0. The van der Waals surface area contributed by atoms with Gasteiger partial charge in [0, 0.05) is 30.3 Å². The topological polar surface area (TPSA) is 113 Å². The maximum Gasteiger partial charge on any atom is 0.331 e. The molecule has 0 aromatic heterocycles. The van der Waals surface area contributed by atoms with E-state index in [1.807, 2.05) is 0 Å². The summed E-state index contributed by atoms with van der Waals surface area (Å²) in [4.78, 5) is 28.6. The van der Waals surface area contributed by atoms with E-state index in [1.165, 1.54) is 94.4 Å². The third-order valence-corrected chi connectivity index (χ3v) is 30.0. The number of carbonyl (C=O) groups excluding carboxylic acids is 2. The number of fused-ring (bicyclic) bond motifs is 8. The van der Waals surface area contributed by atoms with Crippen molar-refractivity contribution >= 4 is 22.7 Å². The first-order valence-corrected chi connectivity index (χ1v) is 36.8. The first-order chi connectivity index (χ1) is 43.5. The Morgan fingerprint density at radius 2 is 1.49 bits per heavy atom. The van der Waals surface area contributed by atoms with Crippen molar-refractivity contribution in [2.75, 3.05) is 6.61 Å². The molecule has 478 valence electrons. The number of benzene rings is 4. The van der Waals surface area contributed by atoms with Gasteiger partial charge in [-0.3, -0.25) is 4.79 Å². The molecule has 7 nitrogen and oxygen atoms in total. The van der Waals surface area contributed by atoms with Crippen LogP contribution in [0.4, 0.5) is 0 Å². The van der Waals surface area contributed by atoms with Crippen LogP contribution in [0.1, 0.15) is 265 Å². The highest BCUT2D eigenvalue weighted by Gasteiger charge is 2.79. The maximum atomic E-state index is 15.7. The molecule has 2 bridgehead atoms. The Balaban J connectivity index is 0.848. The van der Waals surface area contributed by atoms with Crippen molar-refractivity contribution in [1.29, 1.82) is 0 Å². The molecule has 0 saturated heterocycles. The van der Waals surface area contributed by atoms with Gasteiger partial charge in [0.05, 0.1) is 34.1 Å². The van der Waals surface area contributed by atoms with E-state index in [2.05, 4.69) is 124 Å². The van der Waals surface area contributed by atoms with Gasteiger partial charge in [-0.1, -0.05) is 162 Å². The molecule has 4 aromatic rings. The largest absolute Gasteiger partial charge is 0.462 e. The fourth-order valence-electron chi connectivity index (χ4n) is 26.1. The van der Waals surface area contributed by atoms with Crippen molar-refractivity contribution in [2.45, 2.75) is 273 Å². The van der Waals surface area contributed by atoms with Crippen molar-refractivity contribution in [3.63, 3.8) is 0 Å². The summed E-state index contributed by atoms with van der Waals surface area (Å²) in [6, 6.07) is 35.3. The predicted molar refractivity (Wildman–Crippen MR) is 355 cm³/mol. The molecule has 0 amide bonds. The first-order valence-electron chi connectivity index (χ1n) is 36.8. The van der Waals surface area contributed by atoms with E-state index in [-0.39, 0.29) is 53.0 Å². The lowest BCUT2D eigenvalue weighted by atomic mass is 9.34. The second kappa shape index (κ2) is 22.2.